The molecule has 0 aromatic heterocycles. The number of ether oxygens (including phenoxy) is 1. The molecular formula is C37H40FN3O5S. The van der Waals surface area contributed by atoms with Crippen LogP contribution in [0.3, 0.4) is 0 Å². The minimum atomic E-state index is -3.58. The fraction of sp³-hybridized carbons (Fsp3) is 0.297. The Labute approximate surface area is 276 Å². The van der Waals surface area contributed by atoms with E-state index in [9.17, 15) is 22.4 Å². The molecule has 2 amide bonds. The van der Waals surface area contributed by atoms with Gasteiger partial charge in [-0.05, 0) is 84.3 Å². The number of hydrogen-bond donors (Lipinski definition) is 2. The normalized spacial score (nSPS) is 13.5. The smallest absolute Gasteiger partial charge is 0.243 e. The number of nitrogens with zero attached hydrogens (tertiary/aromatic N) is 1. The van der Waals surface area contributed by atoms with Gasteiger partial charge in [-0.1, -0.05) is 66.7 Å². The maximum Gasteiger partial charge on any atom is 0.243 e. The molecule has 246 valence electrons. The van der Waals surface area contributed by atoms with E-state index >= 15 is 0 Å². The Hall–Kier alpha value is -4.54. The Morgan fingerprint density at radius 1 is 0.830 bits per heavy atom. The largest absolute Gasteiger partial charge is 0.497 e. The molecule has 1 atom stereocenters. The highest BCUT2D eigenvalue weighted by Gasteiger charge is 2.31. The zero-order chi connectivity index (χ0) is 33.2. The molecule has 0 spiro atoms. The van der Waals surface area contributed by atoms with E-state index in [1.54, 1.807) is 48.4 Å². The predicted molar refractivity (Wildman–Crippen MR) is 179 cm³/mol. The van der Waals surface area contributed by atoms with E-state index in [2.05, 4.69) is 10.0 Å². The summed E-state index contributed by atoms with van der Waals surface area (Å²) in [5.41, 5.74) is 3.43. The van der Waals surface area contributed by atoms with Gasteiger partial charge in [-0.25, -0.2) is 17.5 Å². The summed E-state index contributed by atoms with van der Waals surface area (Å²) in [4.78, 5) is 29.6. The number of carbonyl (C=O) groups excluding carboxylic acids is 2. The van der Waals surface area contributed by atoms with Crippen molar-refractivity contribution in [3.63, 3.8) is 0 Å². The molecule has 47 heavy (non-hydrogen) atoms. The fourth-order valence-electron chi connectivity index (χ4n) is 5.30. The van der Waals surface area contributed by atoms with Crippen molar-refractivity contribution in [1.82, 2.24) is 14.9 Å². The van der Waals surface area contributed by atoms with E-state index < -0.39 is 16.1 Å². The molecule has 1 unspecified atom stereocenters. The highest BCUT2D eigenvalue weighted by molar-refractivity contribution is 7.89. The van der Waals surface area contributed by atoms with Crippen molar-refractivity contribution in [2.24, 2.45) is 0 Å². The van der Waals surface area contributed by atoms with Gasteiger partial charge in [-0.15, -0.1) is 0 Å². The first-order valence-corrected chi connectivity index (χ1v) is 17.3. The molecule has 2 N–H and O–H groups in total. The van der Waals surface area contributed by atoms with Crippen LogP contribution in [0.4, 0.5) is 4.39 Å². The van der Waals surface area contributed by atoms with Gasteiger partial charge in [-0.3, -0.25) is 9.59 Å². The fourth-order valence-corrected chi connectivity index (χ4v) is 6.60. The van der Waals surface area contributed by atoms with E-state index in [1.807, 2.05) is 54.6 Å². The SMILES string of the molecule is COc1ccc(CCNC(=O)C(Cc2ccccc2)N(Cc2ccc(F)cc2)C(=O)CCc2ccc(S(=O)(=O)NC3CC3)cc2)cc1. The number of halogens is 1. The number of rotatable bonds is 16. The highest BCUT2D eigenvalue weighted by Crippen LogP contribution is 2.23. The first-order valence-electron chi connectivity index (χ1n) is 15.8. The lowest BCUT2D eigenvalue weighted by molar-refractivity contribution is -0.141. The molecule has 0 bridgehead atoms. The first kappa shape index (κ1) is 33.8. The minimum absolute atomic E-state index is 0.00728. The molecule has 1 aliphatic carbocycles. The lowest BCUT2D eigenvalue weighted by atomic mass is 10.0. The second-order valence-electron chi connectivity index (χ2n) is 11.8. The van der Waals surface area contributed by atoms with Crippen molar-refractivity contribution in [1.29, 1.82) is 0 Å². The molecule has 0 aliphatic heterocycles. The van der Waals surface area contributed by atoms with Crippen molar-refractivity contribution in [2.75, 3.05) is 13.7 Å². The second-order valence-corrected chi connectivity index (χ2v) is 13.5. The molecule has 1 aliphatic rings. The monoisotopic (exact) mass is 657 g/mol. The zero-order valence-corrected chi connectivity index (χ0v) is 27.2. The van der Waals surface area contributed by atoms with Gasteiger partial charge in [0.25, 0.3) is 0 Å². The van der Waals surface area contributed by atoms with E-state index in [1.165, 1.54) is 12.1 Å². The first-order chi connectivity index (χ1) is 22.7. The van der Waals surface area contributed by atoms with Crippen LogP contribution in [0.5, 0.6) is 5.75 Å². The van der Waals surface area contributed by atoms with Gasteiger partial charge >= 0.3 is 0 Å². The van der Waals surface area contributed by atoms with Crippen LogP contribution in [0.1, 0.15) is 41.5 Å². The van der Waals surface area contributed by atoms with Crippen LogP contribution < -0.4 is 14.8 Å². The zero-order valence-electron chi connectivity index (χ0n) is 26.4. The van der Waals surface area contributed by atoms with Gasteiger partial charge < -0.3 is 15.0 Å². The molecule has 4 aromatic carbocycles. The Morgan fingerprint density at radius 2 is 1.45 bits per heavy atom. The third-order valence-corrected chi connectivity index (χ3v) is 9.71. The van der Waals surface area contributed by atoms with Crippen LogP contribution in [-0.4, -0.2) is 50.9 Å². The predicted octanol–water partition coefficient (Wildman–Crippen LogP) is 5.21. The van der Waals surface area contributed by atoms with Gasteiger partial charge in [-0.2, -0.15) is 0 Å². The van der Waals surface area contributed by atoms with E-state index in [-0.39, 0.29) is 41.5 Å². The number of nitrogens with one attached hydrogen (secondary N) is 2. The van der Waals surface area contributed by atoms with Gasteiger partial charge in [0.1, 0.15) is 17.6 Å². The molecule has 0 saturated heterocycles. The second kappa shape index (κ2) is 15.8. The third kappa shape index (κ3) is 9.97. The van der Waals surface area contributed by atoms with Crippen LogP contribution >= 0.6 is 0 Å². The summed E-state index contributed by atoms with van der Waals surface area (Å²) < 4.78 is 46.8. The quantitative estimate of drug-likeness (QED) is 0.172. The van der Waals surface area contributed by atoms with Gasteiger partial charge in [0.2, 0.25) is 21.8 Å². The topological polar surface area (TPSA) is 105 Å². The molecular weight excluding hydrogens is 617 g/mol. The number of aryl methyl sites for hydroxylation is 1. The number of sulfonamides is 1. The van der Waals surface area contributed by atoms with Gasteiger partial charge in [0.05, 0.1) is 12.0 Å². The van der Waals surface area contributed by atoms with E-state index in [0.717, 1.165) is 35.3 Å². The summed E-state index contributed by atoms with van der Waals surface area (Å²) in [5, 5.41) is 3.04. The minimum Gasteiger partial charge on any atom is -0.497 e. The molecule has 0 radical (unpaired) electrons. The number of benzene rings is 4. The molecule has 10 heteroatoms. The Morgan fingerprint density at radius 3 is 2.09 bits per heavy atom. The molecule has 0 heterocycles. The van der Waals surface area contributed by atoms with Crippen LogP contribution in [0.15, 0.2) is 108 Å². The standard InChI is InChI=1S/C37H40FN3O5S/c1-46-33-18-9-28(10-19-33)23-24-39-37(43)35(25-29-5-3-2-4-6-29)41(26-30-7-14-31(38)15-8-30)36(42)22-13-27-11-20-34(21-12-27)47(44,45)40-32-16-17-32/h2-12,14-15,18-21,32,35,40H,13,16-17,22-26H2,1H3,(H,39,43). The number of carbonyl (C=O) groups is 2. The lowest BCUT2D eigenvalue weighted by Gasteiger charge is -2.32. The molecule has 8 nitrogen and oxygen atoms in total. The molecule has 1 saturated carbocycles. The van der Waals surface area contributed by atoms with Crippen molar-refractivity contribution < 1.29 is 27.1 Å². The van der Waals surface area contributed by atoms with Crippen molar-refractivity contribution >= 4 is 21.8 Å². The Kier molecular flexibility index (Phi) is 11.4. The van der Waals surface area contributed by atoms with Crippen molar-refractivity contribution in [2.45, 2.75) is 62.0 Å². The average Bonchev–Trinajstić information content (AvgIpc) is 3.90. The summed E-state index contributed by atoms with van der Waals surface area (Å²) in [6.07, 6.45) is 3.04. The summed E-state index contributed by atoms with van der Waals surface area (Å²) >= 11 is 0. The van der Waals surface area contributed by atoms with Gasteiger partial charge in [0.15, 0.2) is 0 Å². The Bertz CT molecular complexity index is 1730. The van der Waals surface area contributed by atoms with Crippen molar-refractivity contribution in [3.8, 4) is 5.75 Å². The van der Waals surface area contributed by atoms with Crippen molar-refractivity contribution in [3.05, 3.63) is 131 Å². The maximum atomic E-state index is 14.0. The van der Waals surface area contributed by atoms with Crippen LogP contribution in [0.25, 0.3) is 0 Å². The summed E-state index contributed by atoms with van der Waals surface area (Å²) in [5.74, 6) is -0.160. The number of hydrogen-bond acceptors (Lipinski definition) is 5. The molecule has 1 fully saturated rings. The van der Waals surface area contributed by atoms with Crippen LogP contribution in [0, 0.1) is 5.82 Å². The van der Waals surface area contributed by atoms with E-state index in [0.29, 0.717) is 31.4 Å². The number of amides is 2. The third-order valence-electron chi connectivity index (χ3n) is 8.17. The molecule has 5 rings (SSSR count). The average molecular weight is 658 g/mol. The highest BCUT2D eigenvalue weighted by atomic mass is 32.2. The lowest BCUT2D eigenvalue weighted by Crippen LogP contribution is -2.50. The molecule has 4 aromatic rings. The van der Waals surface area contributed by atoms with Crippen LogP contribution in [0.2, 0.25) is 0 Å². The number of methoxy groups -OCH3 is 1. The maximum absolute atomic E-state index is 14.0. The Balaban J connectivity index is 1.33. The van der Waals surface area contributed by atoms with Crippen LogP contribution in [-0.2, 0) is 45.4 Å². The van der Waals surface area contributed by atoms with E-state index in [4.69, 9.17) is 4.74 Å². The van der Waals surface area contributed by atoms with Gasteiger partial charge in [0, 0.05) is 32.0 Å². The summed E-state index contributed by atoms with van der Waals surface area (Å²) in [6, 6.07) is 28.8. The summed E-state index contributed by atoms with van der Waals surface area (Å²) in [6.45, 7) is 0.492. The summed E-state index contributed by atoms with van der Waals surface area (Å²) in [7, 11) is -1.97.